The summed E-state index contributed by atoms with van der Waals surface area (Å²) in [6.07, 6.45) is 5.16. The van der Waals surface area contributed by atoms with Gasteiger partial charge in [-0.3, -0.25) is 4.72 Å². The molecule has 0 saturated heterocycles. The summed E-state index contributed by atoms with van der Waals surface area (Å²) in [6.45, 7) is 0. The Morgan fingerprint density at radius 3 is 2.40 bits per heavy atom. The Balaban J connectivity index is 1.49. The summed E-state index contributed by atoms with van der Waals surface area (Å²) in [4.78, 5) is 8.38. The summed E-state index contributed by atoms with van der Waals surface area (Å²) < 4.78 is 40.6. The van der Waals surface area contributed by atoms with E-state index in [0.717, 1.165) is 0 Å². The summed E-state index contributed by atoms with van der Waals surface area (Å²) in [5.74, 6) is 1.82. The predicted molar refractivity (Wildman–Crippen MR) is 112 cm³/mol. The number of benzene rings is 2. The lowest BCUT2D eigenvalue weighted by Gasteiger charge is -2.12. The van der Waals surface area contributed by atoms with Crippen LogP contribution in [0.3, 0.4) is 0 Å². The topological polar surface area (TPSA) is 95.3 Å². The number of methoxy groups -OCH3 is 1. The number of nitrogens with zero attached hydrogens (tertiary/aromatic N) is 3. The molecule has 4 rings (SSSR count). The van der Waals surface area contributed by atoms with Gasteiger partial charge in [0.05, 0.1) is 7.11 Å². The van der Waals surface area contributed by atoms with Gasteiger partial charge in [-0.05, 0) is 48.5 Å². The van der Waals surface area contributed by atoms with Gasteiger partial charge < -0.3 is 14.0 Å². The van der Waals surface area contributed by atoms with Gasteiger partial charge in [-0.2, -0.15) is 0 Å². The van der Waals surface area contributed by atoms with Crippen molar-refractivity contribution < 1.29 is 17.9 Å². The van der Waals surface area contributed by atoms with Crippen LogP contribution in [0.1, 0.15) is 0 Å². The van der Waals surface area contributed by atoms with Gasteiger partial charge in [-0.1, -0.05) is 12.1 Å². The first-order valence-electron chi connectivity index (χ1n) is 8.94. The molecular formula is C21H18N4O4S. The Bertz CT molecular complexity index is 1240. The average molecular weight is 422 g/mol. The van der Waals surface area contributed by atoms with Gasteiger partial charge in [-0.25, -0.2) is 18.4 Å². The van der Waals surface area contributed by atoms with E-state index in [1.807, 2.05) is 29.1 Å². The number of hydrogen-bond donors (Lipinski definition) is 1. The Hall–Kier alpha value is -3.85. The van der Waals surface area contributed by atoms with Crippen LogP contribution in [-0.4, -0.2) is 30.1 Å². The van der Waals surface area contributed by atoms with Crippen molar-refractivity contribution in [1.82, 2.24) is 14.5 Å². The third kappa shape index (κ3) is 4.26. The standard InChI is InChI=1S/C21H18N4O4S/c1-28-18-6-2-3-7-19(18)30(26,27)24-16-8-10-17(11-9-16)29-21-14-20(22-15-23-21)25-12-4-5-13-25/h2-15,24H,1H3. The van der Waals surface area contributed by atoms with Crippen molar-refractivity contribution in [2.75, 3.05) is 11.8 Å². The van der Waals surface area contributed by atoms with Crippen LogP contribution in [-0.2, 0) is 10.0 Å². The fraction of sp³-hybridized carbons (Fsp3) is 0.0476. The molecule has 0 bridgehead atoms. The molecule has 0 aliphatic rings. The second kappa shape index (κ2) is 8.26. The number of nitrogens with one attached hydrogen (secondary N) is 1. The number of rotatable bonds is 7. The number of sulfonamides is 1. The van der Waals surface area contributed by atoms with Gasteiger partial charge in [0.2, 0.25) is 5.88 Å². The number of hydrogen-bond acceptors (Lipinski definition) is 6. The molecule has 4 aromatic rings. The minimum Gasteiger partial charge on any atom is -0.495 e. The summed E-state index contributed by atoms with van der Waals surface area (Å²) in [6, 6.07) is 18.4. The number of anilines is 1. The van der Waals surface area contributed by atoms with Gasteiger partial charge in [0.15, 0.2) is 0 Å². The SMILES string of the molecule is COc1ccccc1S(=O)(=O)Nc1ccc(Oc2cc(-n3cccc3)ncn2)cc1. The van der Waals surface area contributed by atoms with Gasteiger partial charge in [0, 0.05) is 24.1 Å². The lowest BCUT2D eigenvalue weighted by molar-refractivity contribution is 0.403. The molecule has 2 aromatic heterocycles. The van der Waals surface area contributed by atoms with E-state index in [9.17, 15) is 8.42 Å². The molecule has 0 aliphatic heterocycles. The van der Waals surface area contributed by atoms with Crippen molar-refractivity contribution in [3.05, 3.63) is 85.5 Å². The molecule has 8 nitrogen and oxygen atoms in total. The van der Waals surface area contributed by atoms with Crippen LogP contribution in [0.15, 0.2) is 90.3 Å². The highest BCUT2D eigenvalue weighted by Gasteiger charge is 2.19. The molecular weight excluding hydrogens is 404 g/mol. The van der Waals surface area contributed by atoms with Crippen LogP contribution >= 0.6 is 0 Å². The van der Waals surface area contributed by atoms with E-state index in [1.165, 1.54) is 19.5 Å². The van der Waals surface area contributed by atoms with Crippen LogP contribution in [0, 0.1) is 0 Å². The lowest BCUT2D eigenvalue weighted by Crippen LogP contribution is -2.13. The van der Waals surface area contributed by atoms with Crippen molar-refractivity contribution in [1.29, 1.82) is 0 Å². The third-order valence-corrected chi connectivity index (χ3v) is 5.60. The first-order valence-corrected chi connectivity index (χ1v) is 10.4. The molecule has 0 saturated carbocycles. The fourth-order valence-electron chi connectivity index (χ4n) is 2.78. The molecule has 30 heavy (non-hydrogen) atoms. The largest absolute Gasteiger partial charge is 0.495 e. The molecule has 0 amide bonds. The quantitative estimate of drug-likeness (QED) is 0.486. The second-order valence-corrected chi connectivity index (χ2v) is 7.84. The smallest absolute Gasteiger partial charge is 0.265 e. The van der Waals surface area contributed by atoms with E-state index in [-0.39, 0.29) is 10.6 Å². The van der Waals surface area contributed by atoms with E-state index in [1.54, 1.807) is 48.5 Å². The molecule has 152 valence electrons. The van der Waals surface area contributed by atoms with Crippen LogP contribution < -0.4 is 14.2 Å². The second-order valence-electron chi connectivity index (χ2n) is 6.19. The average Bonchev–Trinajstić information content (AvgIpc) is 3.30. The van der Waals surface area contributed by atoms with E-state index in [2.05, 4.69) is 14.7 Å². The Labute approximate surface area is 173 Å². The molecule has 1 N–H and O–H groups in total. The minimum absolute atomic E-state index is 0.0614. The van der Waals surface area contributed by atoms with Crippen LogP contribution in [0.5, 0.6) is 17.4 Å². The van der Waals surface area contributed by atoms with Crippen LogP contribution in [0.4, 0.5) is 5.69 Å². The maximum Gasteiger partial charge on any atom is 0.265 e. The number of aromatic nitrogens is 3. The summed E-state index contributed by atoms with van der Waals surface area (Å²) in [5.41, 5.74) is 0.393. The van der Waals surface area contributed by atoms with Crippen molar-refractivity contribution in [3.8, 4) is 23.2 Å². The summed E-state index contributed by atoms with van der Waals surface area (Å²) >= 11 is 0. The van der Waals surface area contributed by atoms with E-state index in [0.29, 0.717) is 23.1 Å². The highest BCUT2D eigenvalue weighted by molar-refractivity contribution is 7.92. The fourth-order valence-corrected chi connectivity index (χ4v) is 4.01. The Kier molecular flexibility index (Phi) is 5.36. The van der Waals surface area contributed by atoms with Gasteiger partial charge in [0.25, 0.3) is 10.0 Å². The minimum atomic E-state index is -3.80. The molecule has 0 radical (unpaired) electrons. The van der Waals surface area contributed by atoms with E-state index >= 15 is 0 Å². The van der Waals surface area contributed by atoms with Gasteiger partial charge in [0.1, 0.15) is 28.5 Å². The molecule has 9 heteroatoms. The predicted octanol–water partition coefficient (Wildman–Crippen LogP) is 3.87. The normalized spacial score (nSPS) is 11.1. The summed E-state index contributed by atoms with van der Waals surface area (Å²) in [5, 5.41) is 0. The van der Waals surface area contributed by atoms with E-state index in [4.69, 9.17) is 9.47 Å². The zero-order valence-corrected chi connectivity index (χ0v) is 16.8. The number of para-hydroxylation sites is 1. The zero-order chi connectivity index (χ0) is 21.0. The maximum absolute atomic E-state index is 12.7. The van der Waals surface area contributed by atoms with Crippen molar-refractivity contribution >= 4 is 15.7 Å². The molecule has 0 unspecified atom stereocenters. The first-order chi connectivity index (χ1) is 14.5. The highest BCUT2D eigenvalue weighted by atomic mass is 32.2. The molecule has 2 heterocycles. The van der Waals surface area contributed by atoms with Crippen LogP contribution in [0.25, 0.3) is 5.82 Å². The van der Waals surface area contributed by atoms with Gasteiger partial charge in [-0.15, -0.1) is 0 Å². The molecule has 0 fully saturated rings. The van der Waals surface area contributed by atoms with Gasteiger partial charge >= 0.3 is 0 Å². The molecule has 2 aromatic carbocycles. The molecule has 0 aliphatic carbocycles. The monoisotopic (exact) mass is 422 g/mol. The highest BCUT2D eigenvalue weighted by Crippen LogP contribution is 2.27. The third-order valence-electron chi connectivity index (χ3n) is 4.18. The Morgan fingerprint density at radius 1 is 0.933 bits per heavy atom. The summed E-state index contributed by atoms with van der Waals surface area (Å²) in [7, 11) is -2.37. The van der Waals surface area contributed by atoms with Crippen molar-refractivity contribution in [2.45, 2.75) is 4.90 Å². The zero-order valence-electron chi connectivity index (χ0n) is 16.0. The van der Waals surface area contributed by atoms with E-state index < -0.39 is 10.0 Å². The molecule has 0 spiro atoms. The number of ether oxygens (including phenoxy) is 2. The van der Waals surface area contributed by atoms with Crippen LogP contribution in [0.2, 0.25) is 0 Å². The Morgan fingerprint density at radius 2 is 1.67 bits per heavy atom. The first kappa shape index (κ1) is 19.5. The lowest BCUT2D eigenvalue weighted by atomic mass is 10.3. The maximum atomic E-state index is 12.7. The van der Waals surface area contributed by atoms with Crippen molar-refractivity contribution in [2.24, 2.45) is 0 Å². The van der Waals surface area contributed by atoms with Crippen molar-refractivity contribution in [3.63, 3.8) is 0 Å². The molecule has 0 atom stereocenters.